The summed E-state index contributed by atoms with van der Waals surface area (Å²) in [4.78, 5) is 4.52. The number of nitrogens with one attached hydrogen (secondary N) is 1. The molecule has 1 fully saturated rings. The zero-order valence-corrected chi connectivity index (χ0v) is 12.5. The minimum atomic E-state index is -2.90. The molecular weight excluding hydrogens is 304 g/mol. The standard InChI is InChI=1S/C12H13ClN2O2S2/c13-8-1-2-10-11(5-8)18-12(15-10)6-9-7-19(16,17)4-3-14-9/h1-2,5,9,14H,3-4,6-7H2. The summed E-state index contributed by atoms with van der Waals surface area (Å²) < 4.78 is 24.2. The largest absolute Gasteiger partial charge is 0.312 e. The van der Waals surface area contributed by atoms with Crippen LogP contribution in [-0.4, -0.2) is 37.5 Å². The molecule has 2 heterocycles. The van der Waals surface area contributed by atoms with Crippen molar-refractivity contribution in [1.82, 2.24) is 10.3 Å². The first-order valence-corrected chi connectivity index (χ1v) is 9.02. The minimum absolute atomic E-state index is 0.0326. The lowest BCUT2D eigenvalue weighted by Gasteiger charge is -2.22. The smallest absolute Gasteiger partial charge is 0.153 e. The number of fused-ring (bicyclic) bond motifs is 1. The van der Waals surface area contributed by atoms with E-state index in [1.807, 2.05) is 18.2 Å². The van der Waals surface area contributed by atoms with Gasteiger partial charge in [0.2, 0.25) is 0 Å². The number of hydrogen-bond donors (Lipinski definition) is 1. The fourth-order valence-electron chi connectivity index (χ4n) is 2.24. The van der Waals surface area contributed by atoms with E-state index >= 15 is 0 Å². The Labute approximate surface area is 120 Å². The third kappa shape index (κ3) is 3.08. The maximum atomic E-state index is 11.6. The normalized spacial score (nSPS) is 22.7. The Balaban J connectivity index is 1.81. The molecule has 0 spiro atoms. The summed E-state index contributed by atoms with van der Waals surface area (Å²) in [5, 5.41) is 4.89. The Kier molecular flexibility index (Phi) is 3.51. The van der Waals surface area contributed by atoms with Gasteiger partial charge in [-0.25, -0.2) is 13.4 Å². The fourth-order valence-corrected chi connectivity index (χ4v) is 5.01. The molecule has 1 aliphatic rings. The third-order valence-electron chi connectivity index (χ3n) is 3.12. The van der Waals surface area contributed by atoms with E-state index in [0.717, 1.165) is 15.2 Å². The van der Waals surface area contributed by atoms with Gasteiger partial charge in [0.15, 0.2) is 9.84 Å². The van der Waals surface area contributed by atoms with Gasteiger partial charge in [-0.2, -0.15) is 0 Å². The van der Waals surface area contributed by atoms with Gasteiger partial charge in [0.25, 0.3) is 0 Å². The van der Waals surface area contributed by atoms with Crippen molar-refractivity contribution in [3.8, 4) is 0 Å². The van der Waals surface area contributed by atoms with Crippen molar-refractivity contribution in [3.05, 3.63) is 28.2 Å². The molecule has 0 bridgehead atoms. The van der Waals surface area contributed by atoms with Crippen molar-refractivity contribution >= 4 is 43.0 Å². The van der Waals surface area contributed by atoms with Crippen molar-refractivity contribution in [3.63, 3.8) is 0 Å². The number of sulfone groups is 1. The van der Waals surface area contributed by atoms with Gasteiger partial charge in [0, 0.05) is 24.0 Å². The lowest BCUT2D eigenvalue weighted by atomic mass is 10.2. The highest BCUT2D eigenvalue weighted by molar-refractivity contribution is 7.91. The number of benzene rings is 1. The highest BCUT2D eigenvalue weighted by Gasteiger charge is 2.25. The number of rotatable bonds is 2. The number of aromatic nitrogens is 1. The van der Waals surface area contributed by atoms with E-state index < -0.39 is 9.84 Å². The van der Waals surface area contributed by atoms with Crippen LogP contribution in [0, 0.1) is 0 Å². The zero-order valence-electron chi connectivity index (χ0n) is 10.1. The molecule has 1 saturated heterocycles. The first-order valence-electron chi connectivity index (χ1n) is 6.01. The Hall–Kier alpha value is -0.690. The number of thiazole rings is 1. The van der Waals surface area contributed by atoms with Crippen molar-refractivity contribution in [2.24, 2.45) is 0 Å². The van der Waals surface area contributed by atoms with Gasteiger partial charge in [0.05, 0.1) is 26.7 Å². The second kappa shape index (κ2) is 5.01. The van der Waals surface area contributed by atoms with Gasteiger partial charge >= 0.3 is 0 Å². The summed E-state index contributed by atoms with van der Waals surface area (Å²) in [6, 6.07) is 5.57. The van der Waals surface area contributed by atoms with Crippen LogP contribution < -0.4 is 5.32 Å². The molecule has 0 radical (unpaired) electrons. The molecule has 2 aromatic rings. The second-order valence-corrected chi connectivity index (χ2v) is 8.47. The molecule has 1 N–H and O–H groups in total. The van der Waals surface area contributed by atoms with Crippen LogP contribution in [0.15, 0.2) is 18.2 Å². The topological polar surface area (TPSA) is 59.1 Å². The molecule has 1 unspecified atom stereocenters. The molecule has 1 aromatic carbocycles. The number of halogens is 1. The second-order valence-electron chi connectivity index (χ2n) is 4.69. The molecule has 1 aromatic heterocycles. The van der Waals surface area contributed by atoms with Crippen molar-refractivity contribution in [1.29, 1.82) is 0 Å². The first kappa shape index (κ1) is 13.3. The average molecular weight is 317 g/mol. The molecule has 1 aliphatic heterocycles. The Morgan fingerprint density at radius 3 is 3.11 bits per heavy atom. The highest BCUT2D eigenvalue weighted by atomic mass is 35.5. The molecule has 4 nitrogen and oxygen atoms in total. The van der Waals surface area contributed by atoms with Crippen LogP contribution in [0.4, 0.5) is 0 Å². The molecule has 7 heteroatoms. The highest BCUT2D eigenvalue weighted by Crippen LogP contribution is 2.26. The van der Waals surface area contributed by atoms with Crippen LogP contribution in [0.2, 0.25) is 5.02 Å². The number of hydrogen-bond acceptors (Lipinski definition) is 5. The van der Waals surface area contributed by atoms with Gasteiger partial charge in [-0.05, 0) is 18.2 Å². The maximum absolute atomic E-state index is 11.6. The Morgan fingerprint density at radius 2 is 2.32 bits per heavy atom. The van der Waals surface area contributed by atoms with Crippen LogP contribution in [0.25, 0.3) is 10.2 Å². The molecule has 1 atom stereocenters. The van der Waals surface area contributed by atoms with Crippen LogP contribution in [0.5, 0.6) is 0 Å². The third-order valence-corrected chi connectivity index (χ3v) is 6.13. The Bertz CT molecular complexity index is 712. The summed E-state index contributed by atoms with van der Waals surface area (Å²) in [5.74, 6) is 0.433. The lowest BCUT2D eigenvalue weighted by molar-refractivity contribution is 0.515. The fraction of sp³-hybridized carbons (Fsp3) is 0.417. The van der Waals surface area contributed by atoms with E-state index in [-0.39, 0.29) is 17.5 Å². The quantitative estimate of drug-likeness (QED) is 0.919. The van der Waals surface area contributed by atoms with Crippen molar-refractivity contribution < 1.29 is 8.42 Å². The van der Waals surface area contributed by atoms with Gasteiger partial charge in [-0.3, -0.25) is 0 Å². The van der Waals surface area contributed by atoms with Crippen LogP contribution in [0.1, 0.15) is 5.01 Å². The molecule has 0 aliphatic carbocycles. The SMILES string of the molecule is O=S1(=O)CCNC(Cc2nc3ccc(Cl)cc3s2)C1. The van der Waals surface area contributed by atoms with Crippen molar-refractivity contribution in [2.45, 2.75) is 12.5 Å². The van der Waals surface area contributed by atoms with E-state index in [2.05, 4.69) is 10.3 Å². The van der Waals surface area contributed by atoms with Crippen LogP contribution in [-0.2, 0) is 16.3 Å². The lowest BCUT2D eigenvalue weighted by Crippen LogP contribution is -2.46. The molecule has 3 rings (SSSR count). The van der Waals surface area contributed by atoms with E-state index in [0.29, 0.717) is 18.0 Å². The summed E-state index contributed by atoms with van der Waals surface area (Å²) in [5.41, 5.74) is 0.920. The summed E-state index contributed by atoms with van der Waals surface area (Å²) in [6.07, 6.45) is 0.649. The predicted octanol–water partition coefficient (Wildman–Crippen LogP) is 1.88. The average Bonchev–Trinajstić information content (AvgIpc) is 2.68. The van der Waals surface area contributed by atoms with Gasteiger partial charge < -0.3 is 5.32 Å². The maximum Gasteiger partial charge on any atom is 0.153 e. The van der Waals surface area contributed by atoms with E-state index in [1.54, 1.807) is 11.3 Å². The summed E-state index contributed by atoms with van der Waals surface area (Å²) in [7, 11) is -2.90. The van der Waals surface area contributed by atoms with E-state index in [4.69, 9.17) is 11.6 Å². The van der Waals surface area contributed by atoms with Gasteiger partial charge in [0.1, 0.15) is 0 Å². The Morgan fingerprint density at radius 1 is 1.47 bits per heavy atom. The number of nitrogens with zero attached hydrogens (tertiary/aromatic N) is 1. The summed E-state index contributed by atoms with van der Waals surface area (Å²) >= 11 is 7.52. The van der Waals surface area contributed by atoms with E-state index in [9.17, 15) is 8.42 Å². The van der Waals surface area contributed by atoms with E-state index in [1.165, 1.54) is 0 Å². The van der Waals surface area contributed by atoms with Crippen molar-refractivity contribution in [2.75, 3.05) is 18.1 Å². The van der Waals surface area contributed by atoms with Gasteiger partial charge in [-0.15, -0.1) is 11.3 Å². The molecular formula is C12H13ClN2O2S2. The predicted molar refractivity (Wildman–Crippen MR) is 78.8 cm³/mol. The molecule has 102 valence electrons. The zero-order chi connectivity index (χ0) is 13.5. The summed E-state index contributed by atoms with van der Waals surface area (Å²) in [6.45, 7) is 0.531. The van der Waals surface area contributed by atoms with Crippen LogP contribution in [0.3, 0.4) is 0 Å². The molecule has 19 heavy (non-hydrogen) atoms. The van der Waals surface area contributed by atoms with Gasteiger partial charge in [-0.1, -0.05) is 11.6 Å². The first-order chi connectivity index (χ1) is 9.02. The molecule has 0 amide bonds. The minimum Gasteiger partial charge on any atom is -0.312 e. The monoisotopic (exact) mass is 316 g/mol. The molecule has 0 saturated carbocycles. The van der Waals surface area contributed by atoms with Crippen LogP contribution >= 0.6 is 22.9 Å².